The quantitative estimate of drug-likeness (QED) is 0.325. The number of halogens is 6. The van der Waals surface area contributed by atoms with E-state index in [2.05, 4.69) is 15.5 Å². The SMILES string of the molecule is O=C(O)C(F)(F)F.O=c1n(Cc2ccc(-c3nnc(C(F)F)o3)cc2F)c2ccccc2n1CC1CCNCC1. The number of rotatable bonds is 6. The summed E-state index contributed by atoms with van der Waals surface area (Å²) in [6, 6.07) is 11.7. The first-order valence-corrected chi connectivity index (χ1v) is 12.0. The molecule has 2 N–H and O–H groups in total. The molecular formula is C25H23F6N5O4. The van der Waals surface area contributed by atoms with Crippen molar-refractivity contribution >= 4 is 17.0 Å². The van der Waals surface area contributed by atoms with Crippen molar-refractivity contribution in [2.75, 3.05) is 13.1 Å². The maximum Gasteiger partial charge on any atom is 0.490 e. The molecule has 1 aliphatic heterocycles. The molecule has 0 atom stereocenters. The number of carbonyl (C=O) groups is 1. The molecule has 0 aliphatic carbocycles. The zero-order valence-corrected chi connectivity index (χ0v) is 20.7. The first kappa shape index (κ1) is 28.9. The molecule has 0 radical (unpaired) electrons. The molecule has 1 saturated heterocycles. The number of para-hydroxylation sites is 2. The molecule has 0 saturated carbocycles. The summed E-state index contributed by atoms with van der Waals surface area (Å²) in [6.07, 6.45) is -5.97. The van der Waals surface area contributed by atoms with E-state index in [1.165, 1.54) is 12.1 Å². The highest BCUT2D eigenvalue weighted by molar-refractivity contribution is 5.76. The van der Waals surface area contributed by atoms with Gasteiger partial charge in [-0.05, 0) is 56.1 Å². The van der Waals surface area contributed by atoms with E-state index in [0.29, 0.717) is 18.0 Å². The Morgan fingerprint density at radius 3 is 2.25 bits per heavy atom. The van der Waals surface area contributed by atoms with Gasteiger partial charge in [-0.3, -0.25) is 9.13 Å². The smallest absolute Gasteiger partial charge is 0.475 e. The second-order valence-electron chi connectivity index (χ2n) is 9.02. The summed E-state index contributed by atoms with van der Waals surface area (Å²) in [5.74, 6) is -3.94. The molecule has 4 aromatic rings. The summed E-state index contributed by atoms with van der Waals surface area (Å²) < 4.78 is 80.3. The third kappa shape index (κ3) is 6.52. The molecule has 40 heavy (non-hydrogen) atoms. The number of hydrogen-bond acceptors (Lipinski definition) is 6. The fourth-order valence-electron chi connectivity index (χ4n) is 4.34. The van der Waals surface area contributed by atoms with Crippen molar-refractivity contribution in [3.05, 3.63) is 70.2 Å². The van der Waals surface area contributed by atoms with E-state index in [4.69, 9.17) is 14.3 Å². The Morgan fingerprint density at radius 1 is 1.07 bits per heavy atom. The Kier molecular flexibility index (Phi) is 8.61. The van der Waals surface area contributed by atoms with Crippen molar-refractivity contribution in [1.29, 1.82) is 0 Å². The number of nitrogens with zero attached hydrogens (tertiary/aromatic N) is 4. The molecule has 214 valence electrons. The number of aromatic nitrogens is 4. The molecule has 0 unspecified atom stereocenters. The lowest BCUT2D eigenvalue weighted by Crippen LogP contribution is -2.33. The lowest BCUT2D eigenvalue weighted by atomic mass is 9.98. The Bertz CT molecular complexity index is 1540. The number of nitrogens with one attached hydrogen (secondary N) is 1. The van der Waals surface area contributed by atoms with Crippen LogP contribution in [0.5, 0.6) is 0 Å². The number of aliphatic carboxylic acids is 1. The predicted octanol–water partition coefficient (Wildman–Crippen LogP) is 4.61. The molecule has 5 rings (SSSR count). The number of carboxylic acids is 1. The lowest BCUT2D eigenvalue weighted by molar-refractivity contribution is -0.192. The molecule has 0 bridgehead atoms. The van der Waals surface area contributed by atoms with E-state index >= 15 is 0 Å². The Labute approximate surface area is 222 Å². The Hall–Kier alpha value is -4.14. The van der Waals surface area contributed by atoms with Crippen LogP contribution in [0.4, 0.5) is 26.3 Å². The number of alkyl halides is 5. The van der Waals surface area contributed by atoms with Crippen LogP contribution in [0.3, 0.4) is 0 Å². The largest absolute Gasteiger partial charge is 0.490 e. The van der Waals surface area contributed by atoms with Crippen LogP contribution in [-0.4, -0.2) is 49.7 Å². The molecule has 9 nitrogen and oxygen atoms in total. The normalized spacial score (nSPS) is 14.4. The molecule has 2 aromatic heterocycles. The average molecular weight is 571 g/mol. The van der Waals surface area contributed by atoms with Gasteiger partial charge in [0.15, 0.2) is 0 Å². The summed E-state index contributed by atoms with van der Waals surface area (Å²) in [7, 11) is 0. The maximum atomic E-state index is 14.9. The van der Waals surface area contributed by atoms with Crippen molar-refractivity contribution in [3.63, 3.8) is 0 Å². The summed E-state index contributed by atoms with van der Waals surface area (Å²) in [5.41, 5.74) is 1.86. The molecule has 1 aliphatic rings. The third-order valence-electron chi connectivity index (χ3n) is 6.32. The Morgan fingerprint density at radius 2 is 1.70 bits per heavy atom. The molecule has 3 heterocycles. The van der Waals surface area contributed by atoms with Crippen molar-refractivity contribution in [1.82, 2.24) is 24.6 Å². The standard InChI is InChI=1S/C23H22F3N5O2.C2HF3O2/c24-17-11-15(21-28-29-22(33-21)20(25)26)5-6-16(17)13-31-19-4-2-1-3-18(19)30(23(31)32)12-14-7-9-27-10-8-14;3-2(4,5)1(6)7/h1-6,11,14,20,27H,7-10,12-13H2;(H,6,7). The van der Waals surface area contributed by atoms with Crippen LogP contribution in [0.15, 0.2) is 51.7 Å². The van der Waals surface area contributed by atoms with Gasteiger partial charge in [-0.15, -0.1) is 10.2 Å². The monoisotopic (exact) mass is 571 g/mol. The second kappa shape index (κ2) is 11.9. The van der Waals surface area contributed by atoms with Gasteiger partial charge in [0.1, 0.15) is 5.82 Å². The van der Waals surface area contributed by atoms with E-state index in [1.807, 2.05) is 24.3 Å². The molecule has 15 heteroatoms. The highest BCUT2D eigenvalue weighted by atomic mass is 19.4. The minimum absolute atomic E-state index is 0.0385. The van der Waals surface area contributed by atoms with Gasteiger partial charge in [0, 0.05) is 17.7 Å². The summed E-state index contributed by atoms with van der Waals surface area (Å²) in [5, 5.41) is 17.3. The van der Waals surface area contributed by atoms with Crippen LogP contribution in [0.2, 0.25) is 0 Å². The molecule has 1 fully saturated rings. The number of fused-ring (bicyclic) bond motifs is 1. The first-order valence-electron chi connectivity index (χ1n) is 12.0. The van der Waals surface area contributed by atoms with Crippen molar-refractivity contribution in [2.24, 2.45) is 5.92 Å². The lowest BCUT2D eigenvalue weighted by Gasteiger charge is -2.22. The zero-order chi connectivity index (χ0) is 29.0. The summed E-state index contributed by atoms with van der Waals surface area (Å²) >= 11 is 0. The van der Waals surface area contributed by atoms with Crippen LogP contribution in [0, 0.1) is 11.7 Å². The molecule has 0 amide bonds. The van der Waals surface area contributed by atoms with Crippen LogP contribution < -0.4 is 11.0 Å². The van der Waals surface area contributed by atoms with Gasteiger partial charge in [-0.2, -0.15) is 22.0 Å². The van der Waals surface area contributed by atoms with Crippen molar-refractivity contribution in [2.45, 2.75) is 38.5 Å². The van der Waals surface area contributed by atoms with Crippen LogP contribution in [-0.2, 0) is 17.9 Å². The van der Waals surface area contributed by atoms with E-state index in [1.54, 1.807) is 9.13 Å². The third-order valence-corrected chi connectivity index (χ3v) is 6.32. The maximum absolute atomic E-state index is 14.9. The van der Waals surface area contributed by atoms with Gasteiger partial charge in [0.25, 0.3) is 5.89 Å². The van der Waals surface area contributed by atoms with Gasteiger partial charge in [-0.1, -0.05) is 18.2 Å². The predicted molar refractivity (Wildman–Crippen MR) is 129 cm³/mol. The number of hydrogen-bond donors (Lipinski definition) is 2. The van der Waals surface area contributed by atoms with E-state index in [0.717, 1.165) is 43.0 Å². The second-order valence-corrected chi connectivity index (χ2v) is 9.02. The summed E-state index contributed by atoms with van der Waals surface area (Å²) in [6.45, 7) is 2.54. The minimum Gasteiger partial charge on any atom is -0.475 e. The highest BCUT2D eigenvalue weighted by Crippen LogP contribution is 2.26. The van der Waals surface area contributed by atoms with Crippen LogP contribution >= 0.6 is 0 Å². The molecule has 0 spiro atoms. The van der Waals surface area contributed by atoms with Crippen LogP contribution in [0.25, 0.3) is 22.5 Å². The van der Waals surface area contributed by atoms with E-state index in [9.17, 15) is 31.1 Å². The molecule has 2 aromatic carbocycles. The minimum atomic E-state index is -5.08. The van der Waals surface area contributed by atoms with Crippen LogP contribution in [0.1, 0.15) is 30.7 Å². The van der Waals surface area contributed by atoms with Crippen molar-refractivity contribution < 1.29 is 40.7 Å². The topological polar surface area (TPSA) is 115 Å². The fraction of sp³-hybridized carbons (Fsp3) is 0.360. The average Bonchev–Trinajstić information content (AvgIpc) is 3.51. The van der Waals surface area contributed by atoms with E-state index < -0.39 is 30.3 Å². The van der Waals surface area contributed by atoms with Gasteiger partial charge < -0.3 is 14.8 Å². The van der Waals surface area contributed by atoms with Crippen molar-refractivity contribution in [3.8, 4) is 11.5 Å². The number of carboxylic acid groups (broad SMARTS) is 1. The van der Waals surface area contributed by atoms with Gasteiger partial charge >= 0.3 is 24.3 Å². The summed E-state index contributed by atoms with van der Waals surface area (Å²) in [4.78, 5) is 22.2. The molecular weight excluding hydrogens is 548 g/mol. The number of piperidine rings is 1. The Balaban J connectivity index is 0.000000470. The zero-order valence-electron chi connectivity index (χ0n) is 20.7. The van der Waals surface area contributed by atoms with Gasteiger partial charge in [-0.25, -0.2) is 14.0 Å². The highest BCUT2D eigenvalue weighted by Gasteiger charge is 2.38. The first-order chi connectivity index (χ1) is 19.0. The fourth-order valence-corrected chi connectivity index (χ4v) is 4.34. The number of imidazole rings is 1. The van der Waals surface area contributed by atoms with E-state index in [-0.39, 0.29) is 23.7 Å². The van der Waals surface area contributed by atoms with Gasteiger partial charge in [0.05, 0.1) is 17.6 Å². The number of benzene rings is 2. The van der Waals surface area contributed by atoms with Gasteiger partial charge in [0.2, 0.25) is 5.89 Å².